The summed E-state index contributed by atoms with van der Waals surface area (Å²) in [5.74, 6) is -1.15. The standard InChI is InChI=1S/C10H7Cl3O3/c1-16-9(15)4-8(14)10-6(12)2-5(11)3-7(10)13/h2-3H,4H2,1H3. The van der Waals surface area contributed by atoms with Gasteiger partial charge in [-0.3, -0.25) is 9.59 Å². The van der Waals surface area contributed by atoms with Crippen molar-refractivity contribution in [2.75, 3.05) is 7.11 Å². The SMILES string of the molecule is COC(=O)CC(=O)c1c(Cl)cc(Cl)cc1Cl. The molecule has 3 nitrogen and oxygen atoms in total. The number of ketones is 1. The summed E-state index contributed by atoms with van der Waals surface area (Å²) in [7, 11) is 1.20. The lowest BCUT2D eigenvalue weighted by molar-refractivity contribution is -0.139. The Hall–Kier alpha value is -0.770. The summed E-state index contributed by atoms with van der Waals surface area (Å²) in [6, 6.07) is 2.78. The largest absolute Gasteiger partial charge is 0.469 e. The second-order valence-corrected chi connectivity index (χ2v) is 4.17. The van der Waals surface area contributed by atoms with Crippen molar-refractivity contribution in [3.8, 4) is 0 Å². The van der Waals surface area contributed by atoms with Crippen LogP contribution in [0.4, 0.5) is 0 Å². The molecule has 86 valence electrons. The van der Waals surface area contributed by atoms with Gasteiger partial charge in [0.25, 0.3) is 0 Å². The Morgan fingerprint density at radius 1 is 1.19 bits per heavy atom. The van der Waals surface area contributed by atoms with Gasteiger partial charge in [-0.1, -0.05) is 34.8 Å². The Kier molecular flexibility index (Phi) is 4.59. The van der Waals surface area contributed by atoms with Gasteiger partial charge in [0, 0.05) is 5.02 Å². The third kappa shape index (κ3) is 3.11. The summed E-state index contributed by atoms with van der Waals surface area (Å²) in [4.78, 5) is 22.6. The van der Waals surface area contributed by atoms with Crippen LogP contribution in [0.2, 0.25) is 15.1 Å². The van der Waals surface area contributed by atoms with Crippen molar-refractivity contribution in [3.63, 3.8) is 0 Å². The molecule has 0 fully saturated rings. The van der Waals surface area contributed by atoms with E-state index in [1.807, 2.05) is 0 Å². The van der Waals surface area contributed by atoms with Crippen LogP contribution in [0.5, 0.6) is 0 Å². The molecule has 0 heterocycles. The minimum Gasteiger partial charge on any atom is -0.469 e. The zero-order chi connectivity index (χ0) is 12.3. The number of benzene rings is 1. The smallest absolute Gasteiger partial charge is 0.313 e. The zero-order valence-electron chi connectivity index (χ0n) is 8.22. The molecule has 0 saturated heterocycles. The van der Waals surface area contributed by atoms with E-state index < -0.39 is 18.2 Å². The van der Waals surface area contributed by atoms with Gasteiger partial charge < -0.3 is 4.74 Å². The fraction of sp³-hybridized carbons (Fsp3) is 0.200. The lowest BCUT2D eigenvalue weighted by Gasteiger charge is -2.05. The summed E-state index contributed by atoms with van der Waals surface area (Å²) < 4.78 is 4.37. The highest BCUT2D eigenvalue weighted by molar-refractivity contribution is 6.42. The van der Waals surface area contributed by atoms with Gasteiger partial charge in [-0.2, -0.15) is 0 Å². The number of halogens is 3. The van der Waals surface area contributed by atoms with Crippen LogP contribution in [-0.2, 0) is 9.53 Å². The van der Waals surface area contributed by atoms with Crippen LogP contribution in [0.25, 0.3) is 0 Å². The maximum atomic E-state index is 11.7. The van der Waals surface area contributed by atoms with Crippen molar-refractivity contribution >= 4 is 46.6 Å². The maximum absolute atomic E-state index is 11.7. The van der Waals surface area contributed by atoms with Crippen LogP contribution in [0.15, 0.2) is 12.1 Å². The summed E-state index contributed by atoms with van der Waals surface area (Å²) in [5.41, 5.74) is 0.0816. The molecule has 0 saturated carbocycles. The van der Waals surface area contributed by atoms with Gasteiger partial charge in [-0.25, -0.2) is 0 Å². The van der Waals surface area contributed by atoms with Gasteiger partial charge in [0.1, 0.15) is 6.42 Å². The molecule has 1 aromatic carbocycles. The number of ether oxygens (including phenoxy) is 1. The van der Waals surface area contributed by atoms with Crippen molar-refractivity contribution < 1.29 is 14.3 Å². The fourth-order valence-electron chi connectivity index (χ4n) is 1.10. The molecule has 1 rings (SSSR count). The van der Waals surface area contributed by atoms with Gasteiger partial charge in [-0.05, 0) is 12.1 Å². The molecule has 0 amide bonds. The average Bonchev–Trinajstić information content (AvgIpc) is 2.15. The number of Topliss-reactive ketones (excluding diaryl/α,β-unsaturated/α-hetero) is 1. The minimum absolute atomic E-state index is 0.0816. The Balaban J connectivity index is 3.04. The first kappa shape index (κ1) is 13.3. The number of hydrogen-bond acceptors (Lipinski definition) is 3. The second-order valence-electron chi connectivity index (χ2n) is 2.92. The first-order valence-electron chi connectivity index (χ1n) is 4.20. The van der Waals surface area contributed by atoms with Crippen molar-refractivity contribution in [2.24, 2.45) is 0 Å². The van der Waals surface area contributed by atoms with Crippen LogP contribution >= 0.6 is 34.8 Å². The number of carbonyl (C=O) groups excluding carboxylic acids is 2. The Morgan fingerprint density at radius 3 is 2.12 bits per heavy atom. The lowest BCUT2D eigenvalue weighted by Crippen LogP contribution is -2.10. The van der Waals surface area contributed by atoms with Gasteiger partial charge in [0.2, 0.25) is 0 Å². The van der Waals surface area contributed by atoms with Crippen molar-refractivity contribution in [1.29, 1.82) is 0 Å². The summed E-state index contributed by atoms with van der Waals surface area (Å²) in [5, 5.41) is 0.558. The third-order valence-electron chi connectivity index (χ3n) is 1.82. The molecule has 16 heavy (non-hydrogen) atoms. The predicted molar refractivity (Wildman–Crippen MR) is 62.4 cm³/mol. The molecular formula is C10H7Cl3O3. The molecule has 6 heteroatoms. The molecule has 0 radical (unpaired) electrons. The second kappa shape index (κ2) is 5.53. The molecule has 0 aliphatic carbocycles. The van der Waals surface area contributed by atoms with Gasteiger partial charge in [-0.15, -0.1) is 0 Å². The van der Waals surface area contributed by atoms with Crippen LogP contribution < -0.4 is 0 Å². The van der Waals surface area contributed by atoms with E-state index in [4.69, 9.17) is 34.8 Å². The Labute approximate surface area is 107 Å². The number of methoxy groups -OCH3 is 1. The topological polar surface area (TPSA) is 43.4 Å². The molecule has 0 aromatic heterocycles. The normalized spacial score (nSPS) is 10.0. The molecule has 0 atom stereocenters. The van der Waals surface area contributed by atoms with E-state index in [2.05, 4.69) is 4.74 Å². The fourth-order valence-corrected chi connectivity index (χ4v) is 2.13. The first-order chi connectivity index (χ1) is 7.45. The van der Waals surface area contributed by atoms with E-state index in [0.29, 0.717) is 5.02 Å². The van der Waals surface area contributed by atoms with E-state index in [-0.39, 0.29) is 15.6 Å². The Bertz CT molecular complexity index is 420. The van der Waals surface area contributed by atoms with Crippen LogP contribution in [-0.4, -0.2) is 18.9 Å². The lowest BCUT2D eigenvalue weighted by atomic mass is 10.1. The molecule has 0 aliphatic heterocycles. The number of hydrogen-bond donors (Lipinski definition) is 0. The van der Waals surface area contributed by atoms with Crippen LogP contribution in [0.3, 0.4) is 0 Å². The van der Waals surface area contributed by atoms with E-state index in [1.54, 1.807) is 0 Å². The quantitative estimate of drug-likeness (QED) is 0.484. The maximum Gasteiger partial charge on any atom is 0.313 e. The van der Waals surface area contributed by atoms with Gasteiger partial charge >= 0.3 is 5.97 Å². The van der Waals surface area contributed by atoms with E-state index in [0.717, 1.165) is 0 Å². The number of rotatable bonds is 3. The number of esters is 1. The van der Waals surface area contributed by atoms with Crippen molar-refractivity contribution in [2.45, 2.75) is 6.42 Å². The molecule has 0 unspecified atom stereocenters. The first-order valence-corrected chi connectivity index (χ1v) is 5.33. The highest BCUT2D eigenvalue weighted by Crippen LogP contribution is 2.29. The summed E-state index contributed by atoms with van der Waals surface area (Å²) in [6.45, 7) is 0. The van der Waals surface area contributed by atoms with Crippen molar-refractivity contribution in [1.82, 2.24) is 0 Å². The molecule has 0 N–H and O–H groups in total. The van der Waals surface area contributed by atoms with Crippen LogP contribution in [0, 0.1) is 0 Å². The van der Waals surface area contributed by atoms with E-state index >= 15 is 0 Å². The highest BCUT2D eigenvalue weighted by Gasteiger charge is 2.18. The summed E-state index contributed by atoms with van der Waals surface area (Å²) >= 11 is 17.3. The summed E-state index contributed by atoms with van der Waals surface area (Å²) in [6.07, 6.45) is -0.405. The van der Waals surface area contributed by atoms with E-state index in [1.165, 1.54) is 19.2 Å². The number of carbonyl (C=O) groups is 2. The van der Waals surface area contributed by atoms with Gasteiger partial charge in [0.05, 0.1) is 22.7 Å². The monoisotopic (exact) mass is 280 g/mol. The van der Waals surface area contributed by atoms with Gasteiger partial charge in [0.15, 0.2) is 5.78 Å². The van der Waals surface area contributed by atoms with Crippen LogP contribution in [0.1, 0.15) is 16.8 Å². The highest BCUT2D eigenvalue weighted by atomic mass is 35.5. The molecule has 0 spiro atoms. The third-order valence-corrected chi connectivity index (χ3v) is 2.63. The Morgan fingerprint density at radius 2 is 1.69 bits per heavy atom. The molecular weight excluding hydrogens is 274 g/mol. The minimum atomic E-state index is -0.646. The van der Waals surface area contributed by atoms with Crippen molar-refractivity contribution in [3.05, 3.63) is 32.8 Å². The zero-order valence-corrected chi connectivity index (χ0v) is 10.5. The van der Waals surface area contributed by atoms with E-state index in [9.17, 15) is 9.59 Å². The average molecular weight is 282 g/mol. The molecule has 1 aromatic rings. The molecule has 0 aliphatic rings. The molecule has 0 bridgehead atoms. The predicted octanol–water partition coefficient (Wildman–Crippen LogP) is 3.39.